The number of carbonyl (C=O) groups is 1. The molecule has 1 amide bonds. The van der Waals surface area contributed by atoms with Crippen LogP contribution in [0.3, 0.4) is 0 Å². The second-order valence-corrected chi connectivity index (χ2v) is 6.64. The van der Waals surface area contributed by atoms with Crippen LogP contribution in [-0.2, 0) is 10.3 Å². The molecule has 0 unspecified atom stereocenters. The summed E-state index contributed by atoms with van der Waals surface area (Å²) >= 11 is 0. The third-order valence-electron chi connectivity index (χ3n) is 5.11. The maximum Gasteiger partial charge on any atom is 0.252 e. The zero-order valence-electron chi connectivity index (χ0n) is 14.4. The summed E-state index contributed by atoms with van der Waals surface area (Å²) < 4.78 is 7.47. The number of nitrogens with zero attached hydrogens (tertiary/aromatic N) is 3. The van der Waals surface area contributed by atoms with Gasteiger partial charge >= 0.3 is 0 Å². The van der Waals surface area contributed by atoms with E-state index in [1.165, 1.54) is 0 Å². The topological polar surface area (TPSA) is 71.4 Å². The SMILES string of the molecule is CN1CCOc2ccc(NC(=O)C3(n4cccn4)CCNCC3)cc21. The summed E-state index contributed by atoms with van der Waals surface area (Å²) in [7, 11) is 2.03. The van der Waals surface area contributed by atoms with Crippen molar-refractivity contribution in [3.05, 3.63) is 36.7 Å². The first-order valence-electron chi connectivity index (χ1n) is 8.69. The maximum absolute atomic E-state index is 13.2. The van der Waals surface area contributed by atoms with Gasteiger partial charge in [0.05, 0.1) is 12.2 Å². The molecule has 0 saturated carbocycles. The van der Waals surface area contributed by atoms with Gasteiger partial charge in [-0.3, -0.25) is 9.48 Å². The summed E-state index contributed by atoms with van der Waals surface area (Å²) in [6, 6.07) is 7.66. The number of carbonyl (C=O) groups excluding carboxylic acids is 1. The lowest BCUT2D eigenvalue weighted by molar-refractivity contribution is -0.126. The molecule has 25 heavy (non-hydrogen) atoms. The first-order chi connectivity index (χ1) is 12.2. The van der Waals surface area contributed by atoms with Gasteiger partial charge in [0.15, 0.2) is 0 Å². The number of aromatic nitrogens is 2. The van der Waals surface area contributed by atoms with Gasteiger partial charge in [0, 0.05) is 25.1 Å². The van der Waals surface area contributed by atoms with E-state index in [9.17, 15) is 4.79 Å². The number of hydrogen-bond acceptors (Lipinski definition) is 5. The summed E-state index contributed by atoms with van der Waals surface area (Å²) in [5.41, 5.74) is 1.14. The molecule has 7 nitrogen and oxygen atoms in total. The van der Waals surface area contributed by atoms with Crippen molar-refractivity contribution in [3.63, 3.8) is 0 Å². The van der Waals surface area contributed by atoms with E-state index >= 15 is 0 Å². The fraction of sp³-hybridized carbons (Fsp3) is 0.444. The lowest BCUT2D eigenvalue weighted by atomic mass is 9.87. The highest BCUT2D eigenvalue weighted by Gasteiger charge is 2.42. The molecule has 0 radical (unpaired) electrons. The highest BCUT2D eigenvalue weighted by Crippen LogP contribution is 2.34. The van der Waals surface area contributed by atoms with Gasteiger partial charge in [0.2, 0.25) is 0 Å². The van der Waals surface area contributed by atoms with Crippen LogP contribution in [0, 0.1) is 0 Å². The van der Waals surface area contributed by atoms with Gasteiger partial charge in [-0.05, 0) is 50.2 Å². The van der Waals surface area contributed by atoms with Gasteiger partial charge in [0.1, 0.15) is 17.9 Å². The second-order valence-electron chi connectivity index (χ2n) is 6.64. The Morgan fingerprint density at radius 2 is 2.20 bits per heavy atom. The van der Waals surface area contributed by atoms with Crippen molar-refractivity contribution in [1.82, 2.24) is 15.1 Å². The number of anilines is 2. The number of rotatable bonds is 3. The largest absolute Gasteiger partial charge is 0.490 e. The molecule has 132 valence electrons. The van der Waals surface area contributed by atoms with Crippen LogP contribution in [0.5, 0.6) is 5.75 Å². The van der Waals surface area contributed by atoms with Crippen LogP contribution in [0.25, 0.3) is 0 Å². The van der Waals surface area contributed by atoms with Gasteiger partial charge in [-0.25, -0.2) is 0 Å². The lowest BCUT2D eigenvalue weighted by Crippen LogP contribution is -2.52. The number of hydrogen-bond donors (Lipinski definition) is 2. The summed E-state index contributed by atoms with van der Waals surface area (Å²) in [5, 5.41) is 10.8. The van der Waals surface area contributed by atoms with Crippen LogP contribution in [-0.4, -0.2) is 49.0 Å². The molecule has 1 aromatic carbocycles. The quantitative estimate of drug-likeness (QED) is 0.884. The fourth-order valence-electron chi connectivity index (χ4n) is 3.60. The van der Waals surface area contributed by atoms with Gasteiger partial charge in [0.25, 0.3) is 5.91 Å². The smallest absolute Gasteiger partial charge is 0.252 e. The molecule has 2 aromatic rings. The third kappa shape index (κ3) is 2.84. The first kappa shape index (κ1) is 16.0. The number of nitrogens with one attached hydrogen (secondary N) is 2. The summed E-state index contributed by atoms with van der Waals surface area (Å²) in [6.45, 7) is 3.13. The van der Waals surface area contributed by atoms with E-state index in [0.717, 1.165) is 36.8 Å². The van der Waals surface area contributed by atoms with Gasteiger partial charge in [-0.2, -0.15) is 5.10 Å². The average Bonchev–Trinajstić information content (AvgIpc) is 3.18. The molecule has 2 N–H and O–H groups in total. The van der Waals surface area contributed by atoms with Crippen LogP contribution in [0.4, 0.5) is 11.4 Å². The third-order valence-corrected chi connectivity index (χ3v) is 5.11. The van der Waals surface area contributed by atoms with E-state index in [1.54, 1.807) is 10.9 Å². The number of piperidine rings is 1. The molecule has 1 saturated heterocycles. The number of fused-ring (bicyclic) bond motifs is 1. The molecule has 0 atom stereocenters. The van der Waals surface area contributed by atoms with Crippen LogP contribution < -0.4 is 20.3 Å². The van der Waals surface area contributed by atoms with E-state index in [4.69, 9.17) is 4.74 Å². The number of benzene rings is 1. The van der Waals surface area contributed by atoms with E-state index in [0.29, 0.717) is 19.4 Å². The standard InChI is InChI=1S/C18H23N5O2/c1-22-11-12-25-16-4-3-14(13-15(16)22)21-17(24)18(5-8-19-9-6-18)23-10-2-7-20-23/h2-4,7,10,13,19H,5-6,8-9,11-12H2,1H3,(H,21,24). The monoisotopic (exact) mass is 341 g/mol. The minimum Gasteiger partial charge on any atom is -0.490 e. The predicted octanol–water partition coefficient (Wildman–Crippen LogP) is 1.43. The van der Waals surface area contributed by atoms with Crippen molar-refractivity contribution in [2.75, 3.05) is 43.5 Å². The molecule has 4 rings (SSSR count). The summed E-state index contributed by atoms with van der Waals surface area (Å²) in [6.07, 6.45) is 5.03. The van der Waals surface area contributed by atoms with Gasteiger partial charge in [-0.1, -0.05) is 0 Å². The predicted molar refractivity (Wildman–Crippen MR) is 96.1 cm³/mol. The number of amides is 1. The maximum atomic E-state index is 13.2. The normalized spacial score (nSPS) is 19.0. The Labute approximate surface area is 147 Å². The Hall–Kier alpha value is -2.54. The molecule has 7 heteroatoms. The zero-order chi connectivity index (χ0) is 17.3. The van der Waals surface area contributed by atoms with Crippen molar-refractivity contribution < 1.29 is 9.53 Å². The van der Waals surface area contributed by atoms with E-state index in [-0.39, 0.29) is 5.91 Å². The van der Waals surface area contributed by atoms with Crippen LogP contribution in [0.15, 0.2) is 36.7 Å². The summed E-state index contributed by atoms with van der Waals surface area (Å²) in [4.78, 5) is 15.3. The second kappa shape index (κ2) is 6.40. The molecule has 1 aromatic heterocycles. The van der Waals surface area contributed by atoms with E-state index in [2.05, 4.69) is 20.6 Å². The van der Waals surface area contributed by atoms with Crippen molar-refractivity contribution >= 4 is 17.3 Å². The van der Waals surface area contributed by atoms with Crippen molar-refractivity contribution in [2.45, 2.75) is 18.4 Å². The van der Waals surface area contributed by atoms with Crippen molar-refractivity contribution in [1.29, 1.82) is 0 Å². The molecular formula is C18H23N5O2. The minimum absolute atomic E-state index is 0.0166. The van der Waals surface area contributed by atoms with Gasteiger partial charge in [-0.15, -0.1) is 0 Å². The van der Waals surface area contributed by atoms with Crippen LogP contribution >= 0.6 is 0 Å². The number of likely N-dealkylation sites (N-methyl/N-ethyl adjacent to an activating group) is 1. The van der Waals surface area contributed by atoms with Crippen molar-refractivity contribution in [3.8, 4) is 5.75 Å². The molecule has 3 heterocycles. The molecule has 1 fully saturated rings. The Bertz CT molecular complexity index is 753. The molecule has 0 aliphatic carbocycles. The molecule has 0 bridgehead atoms. The zero-order valence-corrected chi connectivity index (χ0v) is 14.4. The highest BCUT2D eigenvalue weighted by molar-refractivity contribution is 5.97. The Morgan fingerprint density at radius 1 is 1.36 bits per heavy atom. The van der Waals surface area contributed by atoms with Gasteiger partial charge < -0.3 is 20.3 Å². The van der Waals surface area contributed by atoms with E-state index < -0.39 is 5.54 Å². The van der Waals surface area contributed by atoms with Crippen LogP contribution in [0.2, 0.25) is 0 Å². The molecule has 2 aliphatic heterocycles. The van der Waals surface area contributed by atoms with Crippen molar-refractivity contribution in [2.24, 2.45) is 0 Å². The first-order valence-corrected chi connectivity index (χ1v) is 8.69. The lowest BCUT2D eigenvalue weighted by Gasteiger charge is -2.36. The number of ether oxygens (including phenoxy) is 1. The minimum atomic E-state index is -0.646. The molecule has 2 aliphatic rings. The molecule has 0 spiro atoms. The summed E-state index contributed by atoms with van der Waals surface area (Å²) in [5.74, 6) is 0.840. The average molecular weight is 341 g/mol. The Kier molecular flexibility index (Phi) is 4.09. The Morgan fingerprint density at radius 3 is 2.96 bits per heavy atom. The molecular weight excluding hydrogens is 318 g/mol. The Balaban J connectivity index is 1.61. The highest BCUT2D eigenvalue weighted by atomic mass is 16.5. The van der Waals surface area contributed by atoms with E-state index in [1.807, 2.05) is 37.5 Å². The van der Waals surface area contributed by atoms with Crippen LogP contribution in [0.1, 0.15) is 12.8 Å². The fourth-order valence-corrected chi connectivity index (χ4v) is 3.60.